The summed E-state index contributed by atoms with van der Waals surface area (Å²) in [5.41, 5.74) is 3.44. The fourth-order valence-corrected chi connectivity index (χ4v) is 2.04. The van der Waals surface area contributed by atoms with Gasteiger partial charge in [-0.1, -0.05) is 29.8 Å². The topological polar surface area (TPSA) is 80.0 Å². The van der Waals surface area contributed by atoms with E-state index in [0.29, 0.717) is 12.1 Å². The minimum atomic E-state index is -0.638. The van der Waals surface area contributed by atoms with Crippen LogP contribution < -0.4 is 5.32 Å². The van der Waals surface area contributed by atoms with E-state index in [2.05, 4.69) is 15.6 Å². The Morgan fingerprint density at radius 2 is 2.19 bits per heavy atom. The minimum absolute atomic E-state index is 0.0662. The van der Waals surface area contributed by atoms with Crippen molar-refractivity contribution in [1.29, 1.82) is 0 Å². The number of nitrogens with zero attached hydrogens (tertiary/aromatic N) is 3. The number of benzene rings is 1. The summed E-state index contributed by atoms with van der Waals surface area (Å²) >= 11 is 0. The Balaban J connectivity index is 2.00. The zero-order chi connectivity index (χ0) is 15.4. The number of hydrogen-bond acceptors (Lipinski definition) is 4. The second-order valence-corrected chi connectivity index (χ2v) is 5.13. The largest absolute Gasteiger partial charge is 0.387 e. The van der Waals surface area contributed by atoms with E-state index in [1.54, 1.807) is 6.20 Å². The standard InChI is InChI=1S/C15H20N4O2/c1-4-14(20)13-8-19(18-17-13)9-15(21)16-12-6-5-10(2)7-11(12)3/h5-8,14,20H,4,9H2,1-3H3,(H,16,21). The number of anilines is 1. The van der Waals surface area contributed by atoms with Crippen LogP contribution in [0.4, 0.5) is 5.69 Å². The molecule has 1 aromatic heterocycles. The van der Waals surface area contributed by atoms with Gasteiger partial charge in [-0.25, -0.2) is 4.68 Å². The van der Waals surface area contributed by atoms with Gasteiger partial charge in [-0.2, -0.15) is 0 Å². The lowest BCUT2D eigenvalue weighted by molar-refractivity contribution is -0.116. The van der Waals surface area contributed by atoms with Crippen LogP contribution in [0.2, 0.25) is 0 Å². The molecule has 6 nitrogen and oxygen atoms in total. The summed E-state index contributed by atoms with van der Waals surface area (Å²) in [5, 5.41) is 20.2. The van der Waals surface area contributed by atoms with Crippen molar-refractivity contribution >= 4 is 11.6 Å². The normalized spacial score (nSPS) is 12.2. The van der Waals surface area contributed by atoms with Gasteiger partial charge in [0, 0.05) is 5.69 Å². The van der Waals surface area contributed by atoms with Gasteiger partial charge < -0.3 is 10.4 Å². The van der Waals surface area contributed by atoms with Crippen LogP contribution in [0.5, 0.6) is 0 Å². The average molecular weight is 288 g/mol. The molecule has 0 fully saturated rings. The van der Waals surface area contributed by atoms with Crippen molar-refractivity contribution in [2.45, 2.75) is 39.8 Å². The van der Waals surface area contributed by atoms with Crippen LogP contribution in [0.15, 0.2) is 24.4 Å². The predicted molar refractivity (Wildman–Crippen MR) is 79.8 cm³/mol. The lowest BCUT2D eigenvalue weighted by atomic mass is 10.1. The van der Waals surface area contributed by atoms with Crippen LogP contribution in [-0.2, 0) is 11.3 Å². The smallest absolute Gasteiger partial charge is 0.246 e. The highest BCUT2D eigenvalue weighted by Gasteiger charge is 2.12. The Bertz CT molecular complexity index is 636. The maximum absolute atomic E-state index is 12.0. The molecular weight excluding hydrogens is 268 g/mol. The maximum atomic E-state index is 12.0. The molecule has 2 aromatic rings. The van der Waals surface area contributed by atoms with Crippen molar-refractivity contribution in [3.05, 3.63) is 41.2 Å². The van der Waals surface area contributed by atoms with E-state index in [1.807, 2.05) is 39.0 Å². The molecule has 0 radical (unpaired) electrons. The second kappa shape index (κ2) is 6.49. The molecule has 0 spiro atoms. The highest BCUT2D eigenvalue weighted by Crippen LogP contribution is 2.16. The molecule has 112 valence electrons. The fraction of sp³-hybridized carbons (Fsp3) is 0.400. The summed E-state index contributed by atoms with van der Waals surface area (Å²) in [6.07, 6.45) is 1.52. The molecule has 0 aliphatic rings. The third-order valence-corrected chi connectivity index (χ3v) is 3.25. The Kier molecular flexibility index (Phi) is 4.70. The average Bonchev–Trinajstić information content (AvgIpc) is 2.89. The number of aryl methyl sites for hydroxylation is 2. The molecule has 2 rings (SSSR count). The molecule has 0 aliphatic heterocycles. The van der Waals surface area contributed by atoms with E-state index in [-0.39, 0.29) is 12.5 Å². The number of rotatable bonds is 5. The van der Waals surface area contributed by atoms with Crippen molar-refractivity contribution < 1.29 is 9.90 Å². The van der Waals surface area contributed by atoms with Gasteiger partial charge in [-0.15, -0.1) is 5.10 Å². The molecule has 1 amide bonds. The third-order valence-electron chi connectivity index (χ3n) is 3.25. The number of amides is 1. The first-order valence-electron chi connectivity index (χ1n) is 6.94. The highest BCUT2D eigenvalue weighted by atomic mass is 16.3. The monoisotopic (exact) mass is 288 g/mol. The molecule has 21 heavy (non-hydrogen) atoms. The Morgan fingerprint density at radius 3 is 2.86 bits per heavy atom. The molecule has 0 saturated carbocycles. The predicted octanol–water partition coefficient (Wildman–Crippen LogP) is 1.98. The Labute approximate surface area is 123 Å². The van der Waals surface area contributed by atoms with E-state index in [0.717, 1.165) is 16.8 Å². The molecule has 1 heterocycles. The number of aromatic nitrogens is 3. The number of aliphatic hydroxyl groups is 1. The zero-order valence-electron chi connectivity index (χ0n) is 12.5. The summed E-state index contributed by atoms with van der Waals surface area (Å²) in [4.78, 5) is 12.0. The van der Waals surface area contributed by atoms with Crippen LogP contribution in [0.1, 0.15) is 36.3 Å². The van der Waals surface area contributed by atoms with Crippen LogP contribution in [0.3, 0.4) is 0 Å². The van der Waals surface area contributed by atoms with Crippen molar-refractivity contribution in [2.75, 3.05) is 5.32 Å². The van der Waals surface area contributed by atoms with E-state index in [1.165, 1.54) is 4.68 Å². The summed E-state index contributed by atoms with van der Waals surface area (Å²) in [6.45, 7) is 5.88. The van der Waals surface area contributed by atoms with Gasteiger partial charge in [0.25, 0.3) is 0 Å². The van der Waals surface area contributed by atoms with E-state index in [4.69, 9.17) is 0 Å². The lowest BCUT2D eigenvalue weighted by Gasteiger charge is -2.09. The highest BCUT2D eigenvalue weighted by molar-refractivity contribution is 5.91. The van der Waals surface area contributed by atoms with Gasteiger partial charge in [0.05, 0.1) is 12.3 Å². The van der Waals surface area contributed by atoms with Crippen molar-refractivity contribution in [2.24, 2.45) is 0 Å². The zero-order valence-corrected chi connectivity index (χ0v) is 12.5. The second-order valence-electron chi connectivity index (χ2n) is 5.13. The van der Waals surface area contributed by atoms with Crippen molar-refractivity contribution in [3.8, 4) is 0 Å². The molecule has 0 saturated heterocycles. The van der Waals surface area contributed by atoms with Gasteiger partial charge >= 0.3 is 0 Å². The number of nitrogens with one attached hydrogen (secondary N) is 1. The summed E-state index contributed by atoms with van der Waals surface area (Å²) in [5.74, 6) is -0.176. The summed E-state index contributed by atoms with van der Waals surface area (Å²) < 4.78 is 1.42. The number of carbonyl (C=O) groups excluding carboxylic acids is 1. The number of hydrogen-bond donors (Lipinski definition) is 2. The molecule has 0 aliphatic carbocycles. The number of carbonyl (C=O) groups is 1. The molecule has 6 heteroatoms. The maximum Gasteiger partial charge on any atom is 0.246 e. The fourth-order valence-electron chi connectivity index (χ4n) is 2.04. The van der Waals surface area contributed by atoms with Crippen LogP contribution >= 0.6 is 0 Å². The minimum Gasteiger partial charge on any atom is -0.387 e. The van der Waals surface area contributed by atoms with Crippen LogP contribution in [0.25, 0.3) is 0 Å². The van der Waals surface area contributed by atoms with Crippen molar-refractivity contribution in [3.63, 3.8) is 0 Å². The molecule has 2 N–H and O–H groups in total. The summed E-state index contributed by atoms with van der Waals surface area (Å²) in [6, 6.07) is 5.85. The van der Waals surface area contributed by atoms with Gasteiger partial charge in [0.1, 0.15) is 12.2 Å². The van der Waals surface area contributed by atoms with Gasteiger partial charge in [-0.05, 0) is 31.9 Å². The Hall–Kier alpha value is -2.21. The first kappa shape index (κ1) is 15.2. The number of aliphatic hydroxyl groups excluding tert-OH is 1. The summed E-state index contributed by atoms with van der Waals surface area (Å²) in [7, 11) is 0. The lowest BCUT2D eigenvalue weighted by Crippen LogP contribution is -2.19. The van der Waals surface area contributed by atoms with Crippen molar-refractivity contribution in [1.82, 2.24) is 15.0 Å². The molecule has 1 unspecified atom stereocenters. The van der Waals surface area contributed by atoms with Gasteiger partial charge in [-0.3, -0.25) is 4.79 Å². The van der Waals surface area contributed by atoms with Gasteiger partial charge in [0.15, 0.2) is 0 Å². The van der Waals surface area contributed by atoms with Gasteiger partial charge in [0.2, 0.25) is 5.91 Å². The first-order chi connectivity index (χ1) is 9.99. The van der Waals surface area contributed by atoms with E-state index < -0.39 is 6.10 Å². The van der Waals surface area contributed by atoms with Crippen LogP contribution in [-0.4, -0.2) is 26.0 Å². The third kappa shape index (κ3) is 3.88. The molecule has 1 atom stereocenters. The first-order valence-corrected chi connectivity index (χ1v) is 6.94. The molecule has 1 aromatic carbocycles. The van der Waals surface area contributed by atoms with Crippen LogP contribution in [0, 0.1) is 13.8 Å². The van der Waals surface area contributed by atoms with E-state index in [9.17, 15) is 9.90 Å². The SMILES string of the molecule is CCC(O)c1cn(CC(=O)Nc2ccc(C)cc2C)nn1. The Morgan fingerprint density at radius 1 is 1.43 bits per heavy atom. The quantitative estimate of drug-likeness (QED) is 0.881. The molecule has 0 bridgehead atoms. The molecular formula is C15H20N4O2. The van der Waals surface area contributed by atoms with E-state index >= 15 is 0 Å².